The summed E-state index contributed by atoms with van der Waals surface area (Å²) in [6.45, 7) is 8.25. The molecule has 126 valence electrons. The summed E-state index contributed by atoms with van der Waals surface area (Å²) in [6.07, 6.45) is 4.30. The van der Waals surface area contributed by atoms with Crippen LogP contribution in [0.4, 0.5) is 0 Å². The molecule has 2 aromatic rings. The third kappa shape index (κ3) is 3.42. The molecule has 2 aromatic heterocycles. The average Bonchev–Trinajstić information content (AvgIpc) is 3.16. The topological polar surface area (TPSA) is 95.8 Å². The molecule has 1 fully saturated rings. The monoisotopic (exact) mass is 319 g/mol. The Labute approximate surface area is 135 Å². The van der Waals surface area contributed by atoms with Gasteiger partial charge in [-0.3, -0.25) is 10.00 Å². The molecule has 1 aliphatic rings. The summed E-state index contributed by atoms with van der Waals surface area (Å²) in [4.78, 5) is 6.64. The van der Waals surface area contributed by atoms with Crippen molar-refractivity contribution in [1.82, 2.24) is 35.1 Å². The van der Waals surface area contributed by atoms with Crippen molar-refractivity contribution in [3.8, 4) is 0 Å². The number of likely N-dealkylation sites (tertiary alicyclic amines) is 1. The van der Waals surface area contributed by atoms with Gasteiger partial charge in [-0.15, -0.1) is 5.10 Å². The average molecular weight is 319 g/mol. The molecule has 0 radical (unpaired) electrons. The van der Waals surface area contributed by atoms with Gasteiger partial charge in [-0.05, 0) is 33.2 Å². The first kappa shape index (κ1) is 16.1. The summed E-state index contributed by atoms with van der Waals surface area (Å²) in [6, 6.07) is 0.237. The first-order valence-corrected chi connectivity index (χ1v) is 8.27. The number of hydrogen-bond acceptors (Lipinski definition) is 6. The Morgan fingerprint density at radius 1 is 1.43 bits per heavy atom. The molecule has 1 saturated heterocycles. The summed E-state index contributed by atoms with van der Waals surface area (Å²) in [5, 5.41) is 26.5. The highest BCUT2D eigenvalue weighted by Gasteiger charge is 2.37. The zero-order chi connectivity index (χ0) is 16.4. The first-order valence-electron chi connectivity index (χ1n) is 8.27. The maximum absolute atomic E-state index is 11.0. The fourth-order valence-electron chi connectivity index (χ4n) is 2.98. The number of aromatic nitrogens is 6. The molecule has 3 rings (SSSR count). The van der Waals surface area contributed by atoms with Gasteiger partial charge in [-0.25, -0.2) is 9.67 Å². The largest absolute Gasteiger partial charge is 0.382 e. The van der Waals surface area contributed by atoms with Crippen LogP contribution in [0.1, 0.15) is 57.0 Å². The first-order chi connectivity index (χ1) is 11.0. The Morgan fingerprint density at radius 2 is 2.26 bits per heavy atom. The third-order valence-electron chi connectivity index (χ3n) is 4.33. The van der Waals surface area contributed by atoms with E-state index in [0.717, 1.165) is 31.0 Å². The van der Waals surface area contributed by atoms with E-state index in [2.05, 4.69) is 30.4 Å². The Morgan fingerprint density at radius 3 is 2.91 bits per heavy atom. The van der Waals surface area contributed by atoms with Gasteiger partial charge in [0.1, 0.15) is 22.9 Å². The molecule has 23 heavy (non-hydrogen) atoms. The highest BCUT2D eigenvalue weighted by Crippen LogP contribution is 2.30. The van der Waals surface area contributed by atoms with E-state index in [9.17, 15) is 5.11 Å². The van der Waals surface area contributed by atoms with E-state index in [4.69, 9.17) is 0 Å². The van der Waals surface area contributed by atoms with E-state index in [0.29, 0.717) is 25.2 Å². The van der Waals surface area contributed by atoms with E-state index in [-0.39, 0.29) is 6.04 Å². The predicted molar refractivity (Wildman–Crippen MR) is 84.6 cm³/mol. The lowest BCUT2D eigenvalue weighted by molar-refractivity contribution is -0.0420. The Hall–Kier alpha value is -1.80. The summed E-state index contributed by atoms with van der Waals surface area (Å²) in [5.41, 5.74) is -0.290. The molecule has 1 atom stereocenters. The van der Waals surface area contributed by atoms with Crippen molar-refractivity contribution in [2.24, 2.45) is 0 Å². The second kappa shape index (κ2) is 6.37. The van der Waals surface area contributed by atoms with Crippen LogP contribution in [0, 0.1) is 0 Å². The number of piperidine rings is 1. The fraction of sp³-hybridized carbons (Fsp3) is 0.733. The quantitative estimate of drug-likeness (QED) is 0.854. The van der Waals surface area contributed by atoms with Crippen LogP contribution < -0.4 is 0 Å². The lowest BCUT2D eigenvalue weighted by atomic mass is 9.90. The van der Waals surface area contributed by atoms with Crippen molar-refractivity contribution < 1.29 is 5.11 Å². The van der Waals surface area contributed by atoms with Gasteiger partial charge in [0.25, 0.3) is 0 Å². The minimum atomic E-state index is -0.945. The van der Waals surface area contributed by atoms with Gasteiger partial charge >= 0.3 is 0 Å². The summed E-state index contributed by atoms with van der Waals surface area (Å²) in [5.74, 6) is 1.67. The standard InChI is InChI=1S/C15H25N7O/c1-4-13-16-14(19-18-13)9-21-7-5-6-15(23,10-21)12-8-22(11(2)3)20-17-12/h8,11,23H,4-7,9-10H2,1-3H3,(H,16,18,19). The minimum Gasteiger partial charge on any atom is -0.382 e. The lowest BCUT2D eigenvalue weighted by Crippen LogP contribution is -2.46. The molecule has 1 unspecified atom stereocenters. The Bertz CT molecular complexity index is 650. The normalized spacial score (nSPS) is 22.8. The van der Waals surface area contributed by atoms with Crippen molar-refractivity contribution in [2.75, 3.05) is 13.1 Å². The number of hydrogen-bond donors (Lipinski definition) is 2. The number of aryl methyl sites for hydroxylation is 1. The van der Waals surface area contributed by atoms with Crippen molar-refractivity contribution in [3.05, 3.63) is 23.5 Å². The van der Waals surface area contributed by atoms with Gasteiger partial charge in [-0.2, -0.15) is 5.10 Å². The van der Waals surface area contributed by atoms with Crippen LogP contribution in [0.15, 0.2) is 6.20 Å². The molecule has 3 heterocycles. The SMILES string of the molecule is CCc1n[nH]c(CN2CCCC(O)(c3cn(C(C)C)nn3)C2)n1. The van der Waals surface area contributed by atoms with E-state index in [1.807, 2.05) is 27.0 Å². The highest BCUT2D eigenvalue weighted by molar-refractivity contribution is 5.10. The number of nitrogens with one attached hydrogen (secondary N) is 1. The lowest BCUT2D eigenvalue weighted by Gasteiger charge is -2.37. The van der Waals surface area contributed by atoms with Crippen LogP contribution in [0.3, 0.4) is 0 Å². The molecule has 0 saturated carbocycles. The smallest absolute Gasteiger partial charge is 0.150 e. The molecule has 0 spiro atoms. The number of H-pyrrole nitrogens is 1. The zero-order valence-electron chi connectivity index (χ0n) is 14.0. The maximum Gasteiger partial charge on any atom is 0.150 e. The minimum absolute atomic E-state index is 0.237. The van der Waals surface area contributed by atoms with Gasteiger partial charge in [0.05, 0.1) is 12.7 Å². The predicted octanol–water partition coefficient (Wildman–Crippen LogP) is 1.02. The second-order valence-electron chi connectivity index (χ2n) is 6.58. The van der Waals surface area contributed by atoms with E-state index in [1.165, 1.54) is 0 Å². The van der Waals surface area contributed by atoms with Crippen LogP contribution in [-0.2, 0) is 18.6 Å². The van der Waals surface area contributed by atoms with Crippen molar-refractivity contribution in [2.45, 2.75) is 58.2 Å². The van der Waals surface area contributed by atoms with E-state index >= 15 is 0 Å². The molecule has 2 N–H and O–H groups in total. The molecular formula is C15H25N7O. The fourth-order valence-corrected chi connectivity index (χ4v) is 2.98. The van der Waals surface area contributed by atoms with E-state index in [1.54, 1.807) is 4.68 Å². The molecular weight excluding hydrogens is 294 g/mol. The van der Waals surface area contributed by atoms with Gasteiger partial charge in [0, 0.05) is 19.0 Å². The molecule has 0 aliphatic carbocycles. The number of aromatic amines is 1. The number of β-amino-alcohol motifs (C(OH)–C–C–N with tert-alkyl or cyclic N) is 1. The van der Waals surface area contributed by atoms with Gasteiger partial charge in [0.15, 0.2) is 0 Å². The Kier molecular flexibility index (Phi) is 4.45. The molecule has 8 heteroatoms. The number of rotatable bonds is 5. The van der Waals surface area contributed by atoms with Gasteiger partial charge in [-0.1, -0.05) is 12.1 Å². The van der Waals surface area contributed by atoms with Crippen LogP contribution in [0.25, 0.3) is 0 Å². The van der Waals surface area contributed by atoms with E-state index < -0.39 is 5.60 Å². The maximum atomic E-state index is 11.0. The van der Waals surface area contributed by atoms with Crippen LogP contribution in [-0.4, -0.2) is 53.3 Å². The molecule has 8 nitrogen and oxygen atoms in total. The highest BCUT2D eigenvalue weighted by atomic mass is 16.3. The van der Waals surface area contributed by atoms with Crippen LogP contribution in [0.2, 0.25) is 0 Å². The van der Waals surface area contributed by atoms with Crippen LogP contribution >= 0.6 is 0 Å². The molecule has 0 aromatic carbocycles. The summed E-state index contributed by atoms with van der Waals surface area (Å²) < 4.78 is 1.79. The van der Waals surface area contributed by atoms with Gasteiger partial charge in [0.2, 0.25) is 0 Å². The summed E-state index contributed by atoms with van der Waals surface area (Å²) >= 11 is 0. The zero-order valence-corrected chi connectivity index (χ0v) is 14.0. The third-order valence-corrected chi connectivity index (χ3v) is 4.33. The second-order valence-corrected chi connectivity index (χ2v) is 6.58. The van der Waals surface area contributed by atoms with Crippen molar-refractivity contribution in [1.29, 1.82) is 0 Å². The number of aliphatic hydroxyl groups is 1. The molecule has 0 amide bonds. The molecule has 1 aliphatic heterocycles. The van der Waals surface area contributed by atoms with Crippen molar-refractivity contribution >= 4 is 0 Å². The number of nitrogens with zero attached hydrogens (tertiary/aromatic N) is 6. The van der Waals surface area contributed by atoms with Crippen LogP contribution in [0.5, 0.6) is 0 Å². The van der Waals surface area contributed by atoms with Crippen molar-refractivity contribution in [3.63, 3.8) is 0 Å². The molecule has 0 bridgehead atoms. The summed E-state index contributed by atoms with van der Waals surface area (Å²) in [7, 11) is 0. The Balaban J connectivity index is 1.70. The van der Waals surface area contributed by atoms with Gasteiger partial charge < -0.3 is 5.11 Å².